The van der Waals surface area contributed by atoms with Crippen LogP contribution in [0.4, 0.5) is 0 Å². The van der Waals surface area contributed by atoms with Crippen LogP contribution in [0.2, 0.25) is 0 Å². The monoisotopic (exact) mass is 533 g/mol. The molecule has 0 spiro atoms. The molecule has 1 saturated heterocycles. The highest BCUT2D eigenvalue weighted by atomic mass is 16.3. The minimum atomic E-state index is -0.142. The largest absolute Gasteiger partial charge is 0.507 e. The molecule has 2 aromatic rings. The molecule has 6 nitrogen and oxygen atoms in total. The minimum absolute atomic E-state index is 0.142. The number of azo groups is 1. The van der Waals surface area contributed by atoms with Gasteiger partial charge in [0.2, 0.25) is 0 Å². The average molecular weight is 534 g/mol. The topological polar surface area (TPSA) is 85.7 Å². The summed E-state index contributed by atoms with van der Waals surface area (Å²) in [5.74, 6) is 4.39. The molecule has 1 fully saturated rings. The molecule has 1 aliphatic rings. The molecule has 0 bridgehead atoms. The number of benzene rings is 1. The number of hydrogen-bond donors (Lipinski definition) is 3. The van der Waals surface area contributed by atoms with Crippen LogP contribution in [0.15, 0.2) is 58.2 Å². The van der Waals surface area contributed by atoms with E-state index in [0.717, 1.165) is 34.7 Å². The lowest BCUT2D eigenvalue weighted by atomic mass is 9.77. The number of allylic oxidation sites excluding steroid dienone is 3. The van der Waals surface area contributed by atoms with Crippen LogP contribution in [-0.2, 0) is 0 Å². The summed E-state index contributed by atoms with van der Waals surface area (Å²) in [6.07, 6.45) is 14.4. The van der Waals surface area contributed by atoms with Crippen LogP contribution in [0.25, 0.3) is 17.0 Å². The van der Waals surface area contributed by atoms with Gasteiger partial charge in [0.1, 0.15) is 11.6 Å². The second-order valence-electron chi connectivity index (χ2n) is 11.5. The van der Waals surface area contributed by atoms with E-state index in [1.165, 1.54) is 12.8 Å². The van der Waals surface area contributed by atoms with E-state index >= 15 is 0 Å². The van der Waals surface area contributed by atoms with Crippen LogP contribution >= 0.6 is 0 Å². The molecule has 1 aliphatic heterocycles. The number of hydrogen-bond acceptors (Lipinski definition) is 5. The zero-order chi connectivity index (χ0) is 29.8. The SMILES string of the molecule is C#CC(CC)/C(=C\C(N=NC)=C(C)C)c1ccc(-c2ncc[nH]2)cc1O.CC.CC1CC(C)(C)NC(C)(C)C1. The van der Waals surface area contributed by atoms with Gasteiger partial charge in [-0.3, -0.25) is 0 Å². The maximum atomic E-state index is 10.7. The Morgan fingerprint density at radius 2 is 1.82 bits per heavy atom. The Balaban J connectivity index is 0.000000487. The third kappa shape index (κ3) is 10.5. The van der Waals surface area contributed by atoms with Crippen LogP contribution in [0.5, 0.6) is 5.75 Å². The van der Waals surface area contributed by atoms with Crippen molar-refractivity contribution in [1.29, 1.82) is 0 Å². The molecule has 0 amide bonds. The summed E-state index contributed by atoms with van der Waals surface area (Å²) in [7, 11) is 1.63. The Bertz CT molecular complexity index is 1140. The van der Waals surface area contributed by atoms with Crippen molar-refractivity contribution in [2.24, 2.45) is 22.1 Å². The Kier molecular flexibility index (Phi) is 13.4. The summed E-state index contributed by atoms with van der Waals surface area (Å²) >= 11 is 0. The molecule has 1 atom stereocenters. The Hall–Kier alpha value is -3.17. The van der Waals surface area contributed by atoms with Crippen molar-refractivity contribution in [1.82, 2.24) is 15.3 Å². The van der Waals surface area contributed by atoms with Crippen molar-refractivity contribution in [2.75, 3.05) is 7.05 Å². The number of rotatable bonds is 6. The first-order valence-corrected chi connectivity index (χ1v) is 14.1. The van der Waals surface area contributed by atoms with E-state index in [-0.39, 0.29) is 11.7 Å². The number of aromatic amines is 1. The Morgan fingerprint density at radius 3 is 2.23 bits per heavy atom. The summed E-state index contributed by atoms with van der Waals surface area (Å²) in [5.41, 5.74) is 4.78. The van der Waals surface area contributed by atoms with E-state index in [9.17, 15) is 5.11 Å². The molecule has 214 valence electrons. The van der Waals surface area contributed by atoms with Gasteiger partial charge < -0.3 is 15.4 Å². The normalized spacial score (nSPS) is 17.2. The number of piperidine rings is 1. The number of H-pyrrole nitrogens is 1. The van der Waals surface area contributed by atoms with Crippen molar-refractivity contribution in [2.45, 2.75) is 99.6 Å². The van der Waals surface area contributed by atoms with Crippen LogP contribution in [-0.4, -0.2) is 33.2 Å². The van der Waals surface area contributed by atoms with Gasteiger partial charge in [0.15, 0.2) is 0 Å². The molecule has 39 heavy (non-hydrogen) atoms. The molecule has 1 aromatic carbocycles. The summed E-state index contributed by atoms with van der Waals surface area (Å²) < 4.78 is 0. The van der Waals surface area contributed by atoms with Crippen molar-refractivity contribution in [3.05, 3.63) is 53.5 Å². The van der Waals surface area contributed by atoms with Crippen LogP contribution in [0.1, 0.15) is 94.1 Å². The Labute approximate surface area is 237 Å². The summed E-state index contributed by atoms with van der Waals surface area (Å²) in [5, 5.41) is 22.4. The van der Waals surface area contributed by atoms with Gasteiger partial charge in [-0.1, -0.05) is 45.7 Å². The van der Waals surface area contributed by atoms with Gasteiger partial charge in [-0.2, -0.15) is 10.2 Å². The van der Waals surface area contributed by atoms with Crippen LogP contribution in [0, 0.1) is 24.2 Å². The first-order chi connectivity index (χ1) is 18.3. The average Bonchev–Trinajstić information content (AvgIpc) is 3.38. The number of nitrogens with zero attached hydrogens (tertiary/aromatic N) is 3. The molecular weight excluding hydrogens is 482 g/mol. The number of aromatic hydroxyl groups is 1. The molecular formula is C33H51N5O. The second-order valence-corrected chi connectivity index (χ2v) is 11.5. The van der Waals surface area contributed by atoms with Gasteiger partial charge >= 0.3 is 0 Å². The van der Waals surface area contributed by atoms with Crippen LogP contribution in [0.3, 0.4) is 0 Å². The molecule has 0 aliphatic carbocycles. The van der Waals surface area contributed by atoms with Crippen molar-refractivity contribution in [3.8, 4) is 29.5 Å². The molecule has 1 aromatic heterocycles. The quantitative estimate of drug-likeness (QED) is 0.197. The van der Waals surface area contributed by atoms with Gasteiger partial charge in [-0.25, -0.2) is 4.98 Å². The number of terminal acetylenes is 1. The second kappa shape index (κ2) is 15.4. The molecule has 3 rings (SSSR count). The summed E-state index contributed by atoms with van der Waals surface area (Å²) in [6, 6.07) is 5.47. The highest BCUT2D eigenvalue weighted by Crippen LogP contribution is 2.36. The fraction of sp³-hybridized carbons (Fsp3) is 0.545. The third-order valence-corrected chi connectivity index (χ3v) is 6.47. The van der Waals surface area contributed by atoms with Gasteiger partial charge in [0.05, 0.1) is 5.70 Å². The zero-order valence-electron chi connectivity index (χ0n) is 26.1. The van der Waals surface area contributed by atoms with Crippen molar-refractivity contribution < 1.29 is 5.11 Å². The molecule has 2 heterocycles. The number of nitrogens with one attached hydrogen (secondary N) is 2. The van der Waals surface area contributed by atoms with Gasteiger partial charge in [0, 0.05) is 47.6 Å². The minimum Gasteiger partial charge on any atom is -0.507 e. The van der Waals surface area contributed by atoms with Gasteiger partial charge in [0.25, 0.3) is 0 Å². The zero-order valence-corrected chi connectivity index (χ0v) is 26.1. The standard InChI is InChI=1S/C21H24N4O.C10H21N.C2H6/c1-6-15(7-2)18(13-19(14(3)4)25-22-5)17-9-8-16(12-20(17)26)21-23-10-11-24-21;1-8-6-9(2,3)11-10(4,5)7-8;1-2/h1,8-13,15,26H,7H2,2-5H3,(H,23,24);8,11H,6-7H2,1-5H3;1-2H3/b18-13+,25-22?;;. The highest BCUT2D eigenvalue weighted by molar-refractivity contribution is 5.78. The fourth-order valence-corrected chi connectivity index (χ4v) is 5.50. The maximum Gasteiger partial charge on any atom is 0.137 e. The van der Waals surface area contributed by atoms with Crippen molar-refractivity contribution in [3.63, 3.8) is 0 Å². The Morgan fingerprint density at radius 1 is 1.21 bits per heavy atom. The van der Waals surface area contributed by atoms with Gasteiger partial charge in [-0.15, -0.1) is 6.42 Å². The van der Waals surface area contributed by atoms with Crippen molar-refractivity contribution >= 4 is 5.57 Å². The molecule has 0 radical (unpaired) electrons. The number of imidazole rings is 1. The summed E-state index contributed by atoms with van der Waals surface area (Å²) in [6.45, 7) is 21.5. The van der Waals surface area contributed by atoms with Crippen LogP contribution < -0.4 is 5.32 Å². The van der Waals surface area contributed by atoms with E-state index in [1.54, 1.807) is 25.5 Å². The molecule has 0 saturated carbocycles. The van der Waals surface area contributed by atoms with Gasteiger partial charge in [-0.05, 0) is 90.0 Å². The smallest absolute Gasteiger partial charge is 0.137 e. The molecule has 3 N–H and O–H groups in total. The first-order valence-electron chi connectivity index (χ1n) is 14.1. The van der Waals surface area contributed by atoms with E-state index < -0.39 is 0 Å². The van der Waals surface area contributed by atoms with E-state index in [2.05, 4.69) is 66.1 Å². The first kappa shape index (κ1) is 33.9. The molecule has 6 heteroatoms. The highest BCUT2D eigenvalue weighted by Gasteiger charge is 2.35. The third-order valence-electron chi connectivity index (χ3n) is 6.47. The lowest BCUT2D eigenvalue weighted by Gasteiger charge is -2.45. The van der Waals surface area contributed by atoms with E-state index in [4.69, 9.17) is 6.42 Å². The molecule has 1 unspecified atom stereocenters. The van der Waals surface area contributed by atoms with E-state index in [1.807, 2.05) is 52.8 Å². The number of phenolic OH excluding ortho intramolecular Hbond substituents is 1. The predicted molar refractivity (Wildman–Crippen MR) is 166 cm³/mol. The number of phenols is 1. The predicted octanol–water partition coefficient (Wildman–Crippen LogP) is 8.79. The number of aromatic nitrogens is 2. The maximum absolute atomic E-state index is 10.7. The lowest BCUT2D eigenvalue weighted by Crippen LogP contribution is -2.57. The lowest BCUT2D eigenvalue weighted by molar-refractivity contribution is 0.138. The summed E-state index contributed by atoms with van der Waals surface area (Å²) in [4.78, 5) is 7.25. The fourth-order valence-electron chi connectivity index (χ4n) is 5.50. The van der Waals surface area contributed by atoms with E-state index in [0.29, 0.717) is 22.5 Å².